The molecule has 0 aliphatic carbocycles. The Morgan fingerprint density at radius 2 is 1.94 bits per heavy atom. The van der Waals surface area contributed by atoms with Crippen LogP contribution in [0.15, 0.2) is 24.3 Å². The van der Waals surface area contributed by atoms with Gasteiger partial charge < -0.3 is 9.29 Å². The Morgan fingerprint density at radius 3 is 2.38 bits per heavy atom. The van der Waals surface area contributed by atoms with Crippen LogP contribution in [0.2, 0.25) is 0 Å². The fourth-order valence-corrected chi connectivity index (χ4v) is 1.55. The number of carbonyl (C=O) groups excluding carboxylic acids is 1. The average Bonchev–Trinajstić information content (AvgIpc) is 2.18. The van der Waals surface area contributed by atoms with E-state index >= 15 is 0 Å². The molecular formula is C10H11NaO4S. The molecule has 16 heavy (non-hydrogen) atoms. The largest absolute Gasteiger partial charge is 1.00 e. The van der Waals surface area contributed by atoms with Gasteiger partial charge in [-0.3, -0.25) is 4.21 Å². The first-order chi connectivity index (χ1) is 7.13. The van der Waals surface area contributed by atoms with E-state index in [-0.39, 0.29) is 35.3 Å². The predicted octanol–water partition coefficient (Wildman–Crippen LogP) is -1.75. The van der Waals surface area contributed by atoms with E-state index in [0.29, 0.717) is 17.7 Å². The van der Waals surface area contributed by atoms with Crippen LogP contribution >= 0.6 is 0 Å². The van der Waals surface area contributed by atoms with Crippen molar-refractivity contribution < 1.29 is 47.9 Å². The Bertz CT molecular complexity index is 364. The second-order valence-corrected chi connectivity index (χ2v) is 3.76. The molecule has 1 aromatic rings. The molecule has 82 valence electrons. The van der Waals surface area contributed by atoms with Gasteiger partial charge in [0.2, 0.25) is 0 Å². The van der Waals surface area contributed by atoms with E-state index in [1.165, 1.54) is 0 Å². The molecule has 0 fully saturated rings. The monoisotopic (exact) mass is 250 g/mol. The van der Waals surface area contributed by atoms with Crippen LogP contribution < -0.4 is 29.6 Å². The van der Waals surface area contributed by atoms with Crippen molar-refractivity contribution in [1.29, 1.82) is 0 Å². The van der Waals surface area contributed by atoms with Crippen LogP contribution in [-0.2, 0) is 21.6 Å². The van der Waals surface area contributed by atoms with Gasteiger partial charge in [0.05, 0.1) is 12.2 Å². The van der Waals surface area contributed by atoms with E-state index in [1.54, 1.807) is 31.2 Å². The minimum Gasteiger partial charge on any atom is -0.772 e. The zero-order chi connectivity index (χ0) is 11.3. The third kappa shape index (κ3) is 5.23. The molecule has 0 N–H and O–H groups in total. The Kier molecular flexibility index (Phi) is 7.87. The van der Waals surface area contributed by atoms with Gasteiger partial charge in [0.15, 0.2) is 0 Å². The van der Waals surface area contributed by atoms with Crippen LogP contribution in [0.5, 0.6) is 0 Å². The molecule has 0 amide bonds. The zero-order valence-electron chi connectivity index (χ0n) is 9.26. The third-order valence-electron chi connectivity index (χ3n) is 1.75. The summed E-state index contributed by atoms with van der Waals surface area (Å²) in [5, 5.41) is 0. The molecule has 0 aromatic heterocycles. The number of carbonyl (C=O) groups is 1. The number of hydrogen-bond donors (Lipinski definition) is 0. The number of rotatable bonds is 4. The van der Waals surface area contributed by atoms with E-state index in [0.717, 1.165) is 0 Å². The minimum atomic E-state index is -2.10. The van der Waals surface area contributed by atoms with Crippen LogP contribution in [0.3, 0.4) is 0 Å². The van der Waals surface area contributed by atoms with E-state index in [9.17, 15) is 13.6 Å². The van der Waals surface area contributed by atoms with E-state index in [4.69, 9.17) is 4.74 Å². The summed E-state index contributed by atoms with van der Waals surface area (Å²) in [5.41, 5.74) is 1.08. The van der Waals surface area contributed by atoms with Crippen LogP contribution in [-0.4, -0.2) is 21.3 Å². The molecule has 0 radical (unpaired) electrons. The summed E-state index contributed by atoms with van der Waals surface area (Å²) in [5.74, 6) is -0.435. The van der Waals surface area contributed by atoms with Gasteiger partial charge in [-0.2, -0.15) is 0 Å². The van der Waals surface area contributed by atoms with Gasteiger partial charge in [0.1, 0.15) is 0 Å². The van der Waals surface area contributed by atoms with Crippen molar-refractivity contribution >= 4 is 17.0 Å². The Labute approximate surface area is 119 Å². The van der Waals surface area contributed by atoms with Crippen LogP contribution in [0, 0.1) is 0 Å². The first kappa shape index (κ1) is 15.8. The van der Waals surface area contributed by atoms with Gasteiger partial charge in [0, 0.05) is 5.75 Å². The fourth-order valence-electron chi connectivity index (χ4n) is 1.09. The second-order valence-electron chi connectivity index (χ2n) is 2.87. The summed E-state index contributed by atoms with van der Waals surface area (Å²) in [6.07, 6.45) is 0. The third-order valence-corrected chi connectivity index (χ3v) is 2.32. The van der Waals surface area contributed by atoms with E-state index in [1.807, 2.05) is 0 Å². The van der Waals surface area contributed by atoms with Crippen molar-refractivity contribution in [1.82, 2.24) is 0 Å². The summed E-state index contributed by atoms with van der Waals surface area (Å²) in [6.45, 7) is 2.05. The van der Waals surface area contributed by atoms with Gasteiger partial charge in [-0.15, -0.1) is 0 Å². The van der Waals surface area contributed by atoms with Crippen molar-refractivity contribution in [2.75, 3.05) is 6.61 Å². The summed E-state index contributed by atoms with van der Waals surface area (Å²) in [4.78, 5) is 11.2. The zero-order valence-corrected chi connectivity index (χ0v) is 12.1. The molecule has 0 aliphatic rings. The molecule has 4 nitrogen and oxygen atoms in total. The molecule has 0 spiro atoms. The van der Waals surface area contributed by atoms with Crippen LogP contribution in [0.4, 0.5) is 0 Å². The Hall–Kier alpha value is -0.200. The van der Waals surface area contributed by atoms with E-state index in [2.05, 4.69) is 0 Å². The van der Waals surface area contributed by atoms with Gasteiger partial charge in [-0.25, -0.2) is 4.79 Å². The van der Waals surface area contributed by atoms with Gasteiger partial charge in [-0.1, -0.05) is 23.2 Å². The summed E-state index contributed by atoms with van der Waals surface area (Å²) < 4.78 is 25.6. The van der Waals surface area contributed by atoms with Gasteiger partial charge >= 0.3 is 35.5 Å². The summed E-state index contributed by atoms with van der Waals surface area (Å²) in [7, 11) is 0. The molecular weight excluding hydrogens is 239 g/mol. The maximum absolute atomic E-state index is 11.2. The van der Waals surface area contributed by atoms with Crippen molar-refractivity contribution in [2.45, 2.75) is 12.7 Å². The van der Waals surface area contributed by atoms with Crippen molar-refractivity contribution in [3.8, 4) is 0 Å². The molecule has 0 saturated carbocycles. The number of hydrogen-bond acceptors (Lipinski definition) is 4. The molecule has 1 rings (SSSR count). The average molecular weight is 250 g/mol. The van der Waals surface area contributed by atoms with E-state index < -0.39 is 17.0 Å². The Morgan fingerprint density at radius 1 is 1.38 bits per heavy atom. The van der Waals surface area contributed by atoms with Crippen molar-refractivity contribution in [2.24, 2.45) is 0 Å². The van der Waals surface area contributed by atoms with Gasteiger partial charge in [0.25, 0.3) is 0 Å². The summed E-state index contributed by atoms with van der Waals surface area (Å²) in [6, 6.07) is 6.31. The normalized spacial score (nSPS) is 11.4. The van der Waals surface area contributed by atoms with Crippen molar-refractivity contribution in [3.63, 3.8) is 0 Å². The maximum Gasteiger partial charge on any atom is 1.00 e. The minimum absolute atomic E-state index is 0. The SMILES string of the molecule is CCOC(=O)c1ccc(CS(=O)[O-])cc1.[Na+]. The van der Waals surface area contributed by atoms with Gasteiger partial charge in [-0.05, 0) is 24.6 Å². The Balaban J connectivity index is 0.00000225. The van der Waals surface area contributed by atoms with Crippen LogP contribution in [0.25, 0.3) is 0 Å². The molecule has 1 unspecified atom stereocenters. The molecule has 0 aliphatic heterocycles. The van der Waals surface area contributed by atoms with Crippen LogP contribution in [0.1, 0.15) is 22.8 Å². The number of esters is 1. The predicted molar refractivity (Wildman–Crippen MR) is 55.0 cm³/mol. The fraction of sp³-hybridized carbons (Fsp3) is 0.300. The summed E-state index contributed by atoms with van der Waals surface area (Å²) >= 11 is -2.10. The molecule has 0 saturated heterocycles. The molecule has 0 heterocycles. The molecule has 6 heteroatoms. The number of ether oxygens (including phenoxy) is 1. The first-order valence-corrected chi connectivity index (χ1v) is 5.69. The molecule has 0 bridgehead atoms. The maximum atomic E-state index is 11.2. The molecule has 1 atom stereocenters. The molecule has 1 aromatic carbocycles. The number of benzene rings is 1. The standard InChI is InChI=1S/C10H12O4S.Na/c1-2-14-10(11)9-5-3-8(4-6-9)7-15(12)13;/h3-6H,2,7H2,1H3,(H,12,13);/q;+1/p-1. The smallest absolute Gasteiger partial charge is 0.772 e. The first-order valence-electron chi connectivity index (χ1n) is 4.45. The topological polar surface area (TPSA) is 66.4 Å². The quantitative estimate of drug-likeness (QED) is 0.361. The van der Waals surface area contributed by atoms with Crippen molar-refractivity contribution in [3.05, 3.63) is 35.4 Å². The second kappa shape index (κ2) is 7.97.